The van der Waals surface area contributed by atoms with Crippen LogP contribution in [0.2, 0.25) is 5.02 Å². The molecule has 0 fully saturated rings. The van der Waals surface area contributed by atoms with Crippen molar-refractivity contribution in [3.8, 4) is 11.5 Å². The van der Waals surface area contributed by atoms with Gasteiger partial charge in [-0.3, -0.25) is 18.7 Å². The second-order valence-electron chi connectivity index (χ2n) is 10.2. The van der Waals surface area contributed by atoms with Gasteiger partial charge in [0.2, 0.25) is 0 Å². The molecule has 0 saturated heterocycles. The van der Waals surface area contributed by atoms with Gasteiger partial charge < -0.3 is 24.4 Å². The molecule has 3 aromatic rings. The number of nitrogens with zero attached hydrogens (tertiary/aromatic N) is 3. The third-order valence-electron chi connectivity index (χ3n) is 5.87. The molecule has 1 aliphatic rings. The average Bonchev–Trinajstić information content (AvgIpc) is 3.20. The molecule has 220 valence electrons. The van der Waals surface area contributed by atoms with Crippen molar-refractivity contribution in [2.24, 2.45) is 7.05 Å². The number of fused-ring (bicyclic) bond motifs is 1. The van der Waals surface area contributed by atoms with Gasteiger partial charge in [0, 0.05) is 31.2 Å². The van der Waals surface area contributed by atoms with Crippen LogP contribution in [-0.4, -0.2) is 33.4 Å². The minimum Gasteiger partial charge on any atom is -0.460 e. The van der Waals surface area contributed by atoms with Crippen LogP contribution in [0, 0.1) is 0 Å². The molecule has 1 aromatic heterocycles. The minimum atomic E-state index is -4.90. The van der Waals surface area contributed by atoms with Crippen molar-refractivity contribution < 1.29 is 32.2 Å². The second-order valence-corrected chi connectivity index (χ2v) is 10.7. The van der Waals surface area contributed by atoms with Crippen molar-refractivity contribution in [3.05, 3.63) is 80.0 Å². The van der Waals surface area contributed by atoms with Crippen LogP contribution in [0.15, 0.2) is 58.1 Å². The first-order valence-corrected chi connectivity index (χ1v) is 12.8. The van der Waals surface area contributed by atoms with Gasteiger partial charge in [0.25, 0.3) is 11.9 Å². The molecule has 10 nitrogen and oxygen atoms in total. The van der Waals surface area contributed by atoms with Gasteiger partial charge in [-0.1, -0.05) is 29.8 Å². The van der Waals surface area contributed by atoms with Crippen LogP contribution in [-0.2, 0) is 29.7 Å². The van der Waals surface area contributed by atoms with Crippen molar-refractivity contribution in [2.75, 3.05) is 10.2 Å². The molecule has 1 N–H and O–H groups in total. The fourth-order valence-corrected chi connectivity index (χ4v) is 4.32. The third-order valence-corrected chi connectivity index (χ3v) is 6.12. The van der Waals surface area contributed by atoms with Crippen molar-refractivity contribution in [1.82, 2.24) is 9.13 Å². The molecule has 0 saturated carbocycles. The summed E-state index contributed by atoms with van der Waals surface area (Å²) >= 11 is 6.02. The van der Waals surface area contributed by atoms with E-state index in [-0.39, 0.29) is 36.8 Å². The van der Waals surface area contributed by atoms with Gasteiger partial charge in [-0.15, -0.1) is 13.2 Å². The quantitative estimate of drug-likeness (QED) is 0.376. The van der Waals surface area contributed by atoms with Crippen molar-refractivity contribution in [3.63, 3.8) is 0 Å². The number of rotatable bonds is 8. The van der Waals surface area contributed by atoms with Crippen molar-refractivity contribution in [1.29, 1.82) is 0 Å². The fourth-order valence-electron chi connectivity index (χ4n) is 4.20. The summed E-state index contributed by atoms with van der Waals surface area (Å²) < 4.78 is 55.7. The minimum absolute atomic E-state index is 0.00779. The van der Waals surface area contributed by atoms with E-state index in [4.69, 9.17) is 21.1 Å². The smallest absolute Gasteiger partial charge is 0.460 e. The topological polar surface area (TPSA) is 104 Å². The van der Waals surface area contributed by atoms with Crippen LogP contribution in [0.3, 0.4) is 0 Å². The maximum Gasteiger partial charge on any atom is 0.573 e. The van der Waals surface area contributed by atoms with E-state index in [1.54, 1.807) is 45.0 Å². The standard InChI is InChI=1S/C27H28ClF3N4O6/c1-26(2,3)41-20(36)12-13-34-23(37)21-22(33(4)25(34)38)32-24(35(21)15-16-8-10-17(28)11-9-16)39-18-6-5-7-19(14-18)40-27(29,30)31/h5-11,14,24,32H,12-13,15H2,1-4H3. The molecule has 41 heavy (non-hydrogen) atoms. The zero-order valence-electron chi connectivity index (χ0n) is 22.6. The Bertz CT molecular complexity index is 1550. The number of nitrogens with one attached hydrogen (secondary N) is 1. The highest BCUT2D eigenvalue weighted by molar-refractivity contribution is 6.30. The Morgan fingerprint density at radius 2 is 1.71 bits per heavy atom. The Morgan fingerprint density at radius 1 is 1.05 bits per heavy atom. The average molecular weight is 597 g/mol. The predicted molar refractivity (Wildman–Crippen MR) is 145 cm³/mol. The number of carbonyl (C=O) groups is 1. The zero-order chi connectivity index (χ0) is 30.1. The molecule has 2 heterocycles. The molecule has 0 bridgehead atoms. The first-order chi connectivity index (χ1) is 19.1. The van der Waals surface area contributed by atoms with Crippen LogP contribution in [0.25, 0.3) is 0 Å². The van der Waals surface area contributed by atoms with E-state index in [0.717, 1.165) is 22.3 Å². The fraction of sp³-hybridized carbons (Fsp3) is 0.370. The Kier molecular flexibility index (Phi) is 8.29. The Labute approximate surface area is 237 Å². The molecular formula is C27H28ClF3N4O6. The number of hydrogen-bond donors (Lipinski definition) is 1. The van der Waals surface area contributed by atoms with E-state index in [9.17, 15) is 27.6 Å². The number of carbonyl (C=O) groups excluding carboxylic acids is 1. The Hall–Kier alpha value is -4.13. The largest absolute Gasteiger partial charge is 0.573 e. The van der Waals surface area contributed by atoms with Crippen LogP contribution >= 0.6 is 11.6 Å². The van der Waals surface area contributed by atoms with E-state index in [2.05, 4.69) is 10.1 Å². The van der Waals surface area contributed by atoms with Crippen molar-refractivity contribution >= 4 is 29.1 Å². The lowest BCUT2D eigenvalue weighted by Gasteiger charge is -2.27. The summed E-state index contributed by atoms with van der Waals surface area (Å²) in [7, 11) is 1.44. The summed E-state index contributed by atoms with van der Waals surface area (Å²) in [4.78, 5) is 40.6. The zero-order valence-corrected chi connectivity index (χ0v) is 23.4. The maximum atomic E-state index is 13.7. The van der Waals surface area contributed by atoms with E-state index in [1.165, 1.54) is 28.6 Å². The number of ether oxygens (including phenoxy) is 3. The van der Waals surface area contributed by atoms with Crippen molar-refractivity contribution in [2.45, 2.75) is 58.6 Å². The number of alkyl halides is 3. The van der Waals surface area contributed by atoms with E-state index >= 15 is 0 Å². The number of aromatic nitrogens is 2. The maximum absolute atomic E-state index is 13.7. The molecule has 1 unspecified atom stereocenters. The second kappa shape index (κ2) is 11.4. The highest BCUT2D eigenvalue weighted by atomic mass is 35.5. The summed E-state index contributed by atoms with van der Waals surface area (Å²) in [6.07, 6.45) is -6.23. The van der Waals surface area contributed by atoms with E-state index in [0.29, 0.717) is 5.02 Å². The van der Waals surface area contributed by atoms with Gasteiger partial charge in [0.15, 0.2) is 0 Å². The molecule has 0 aliphatic carbocycles. The Morgan fingerprint density at radius 3 is 2.34 bits per heavy atom. The SMILES string of the molecule is Cn1c2c(c(=O)n(CCC(=O)OC(C)(C)C)c1=O)N(Cc1ccc(Cl)cc1)C(Oc1cccc(OC(F)(F)F)c1)N2. The number of hydrogen-bond acceptors (Lipinski definition) is 8. The number of anilines is 2. The lowest BCUT2D eigenvalue weighted by atomic mass is 10.2. The molecule has 0 amide bonds. The molecule has 4 rings (SSSR count). The highest BCUT2D eigenvalue weighted by Crippen LogP contribution is 2.34. The van der Waals surface area contributed by atoms with Gasteiger partial charge >= 0.3 is 18.0 Å². The molecule has 1 atom stereocenters. The molecule has 0 radical (unpaired) electrons. The first kappa shape index (κ1) is 29.8. The highest BCUT2D eigenvalue weighted by Gasteiger charge is 2.37. The molecular weight excluding hydrogens is 569 g/mol. The van der Waals surface area contributed by atoms with Gasteiger partial charge in [0.05, 0.1) is 6.42 Å². The van der Waals surface area contributed by atoms with Gasteiger partial charge in [0.1, 0.15) is 28.6 Å². The molecule has 14 heteroatoms. The molecule has 1 aliphatic heterocycles. The summed E-state index contributed by atoms with van der Waals surface area (Å²) in [6, 6.07) is 11.7. The van der Waals surface area contributed by atoms with Crippen LogP contribution in [0.4, 0.5) is 24.7 Å². The third kappa shape index (κ3) is 7.34. The van der Waals surface area contributed by atoms with Gasteiger partial charge in [-0.05, 0) is 50.6 Å². The van der Waals surface area contributed by atoms with Crippen LogP contribution < -0.4 is 30.9 Å². The number of halogens is 4. The molecule has 2 aromatic carbocycles. The van der Waals surface area contributed by atoms with Gasteiger partial charge in [-0.2, -0.15) is 0 Å². The first-order valence-electron chi connectivity index (χ1n) is 12.5. The summed E-state index contributed by atoms with van der Waals surface area (Å²) in [5.74, 6) is -0.930. The monoisotopic (exact) mass is 596 g/mol. The van der Waals surface area contributed by atoms with Crippen LogP contribution in [0.5, 0.6) is 11.5 Å². The van der Waals surface area contributed by atoms with E-state index in [1.807, 2.05) is 0 Å². The number of benzene rings is 2. The lowest BCUT2D eigenvalue weighted by molar-refractivity contribution is -0.274. The summed E-state index contributed by atoms with van der Waals surface area (Å²) in [5, 5.41) is 3.47. The summed E-state index contributed by atoms with van der Waals surface area (Å²) in [6.45, 7) is 4.98. The molecule has 0 spiro atoms. The van der Waals surface area contributed by atoms with Gasteiger partial charge in [-0.25, -0.2) is 4.79 Å². The normalized spacial score (nSPS) is 14.8. The van der Waals surface area contributed by atoms with Crippen LogP contribution in [0.1, 0.15) is 32.8 Å². The predicted octanol–water partition coefficient (Wildman–Crippen LogP) is 4.63. The number of esters is 1. The summed E-state index contributed by atoms with van der Waals surface area (Å²) in [5.41, 5.74) is -1.32. The Balaban J connectivity index is 1.71. The lowest BCUT2D eigenvalue weighted by Crippen LogP contribution is -2.43. The van der Waals surface area contributed by atoms with E-state index < -0.39 is 41.3 Å².